The van der Waals surface area contributed by atoms with Gasteiger partial charge in [0.2, 0.25) is 5.88 Å². The normalized spacial score (nSPS) is 16.5. The van der Waals surface area contributed by atoms with Crippen LogP contribution in [-0.2, 0) is 6.18 Å². The van der Waals surface area contributed by atoms with E-state index in [1.807, 2.05) is 53.4 Å². The highest BCUT2D eigenvalue weighted by molar-refractivity contribution is 5.87. The van der Waals surface area contributed by atoms with Crippen LogP contribution < -0.4 is 9.64 Å². The number of rotatable bonds is 5. The van der Waals surface area contributed by atoms with Crippen molar-refractivity contribution in [3.8, 4) is 17.0 Å². The number of nitrogens with zero attached hydrogens (tertiary/aromatic N) is 2. The fraction of sp³-hybridized carbons (Fsp3) is 0.217. The van der Waals surface area contributed by atoms with E-state index in [-0.39, 0.29) is 12.0 Å². The fourth-order valence-corrected chi connectivity index (χ4v) is 3.58. The SMILES string of the molecule is O=Cc1cc(-c2ccccc2)ccc1N1CC[C@H](Oc2ccc(C(F)(F)F)cn2)C1. The molecule has 3 aromatic rings. The minimum Gasteiger partial charge on any atom is -0.472 e. The number of ether oxygens (including phenoxy) is 1. The summed E-state index contributed by atoms with van der Waals surface area (Å²) >= 11 is 0. The van der Waals surface area contributed by atoms with Gasteiger partial charge in [0.1, 0.15) is 6.10 Å². The van der Waals surface area contributed by atoms with Gasteiger partial charge in [0.15, 0.2) is 6.29 Å². The molecule has 0 unspecified atom stereocenters. The van der Waals surface area contributed by atoms with Gasteiger partial charge >= 0.3 is 6.18 Å². The van der Waals surface area contributed by atoms with Crippen molar-refractivity contribution in [1.82, 2.24) is 4.98 Å². The Balaban J connectivity index is 1.46. The highest BCUT2D eigenvalue weighted by Gasteiger charge is 2.31. The smallest absolute Gasteiger partial charge is 0.417 e. The lowest BCUT2D eigenvalue weighted by atomic mass is 10.0. The zero-order valence-electron chi connectivity index (χ0n) is 16.0. The van der Waals surface area contributed by atoms with Gasteiger partial charge in [-0.25, -0.2) is 4.98 Å². The number of pyridine rings is 1. The third kappa shape index (κ3) is 4.30. The highest BCUT2D eigenvalue weighted by atomic mass is 19.4. The molecule has 2 heterocycles. The van der Waals surface area contributed by atoms with Gasteiger partial charge < -0.3 is 9.64 Å². The van der Waals surface area contributed by atoms with E-state index in [2.05, 4.69) is 4.98 Å². The minimum atomic E-state index is -4.42. The molecule has 1 atom stereocenters. The molecular formula is C23H19F3N2O2. The van der Waals surface area contributed by atoms with Crippen molar-refractivity contribution >= 4 is 12.0 Å². The van der Waals surface area contributed by atoms with E-state index in [1.165, 1.54) is 6.07 Å². The van der Waals surface area contributed by atoms with Crippen LogP contribution in [0.2, 0.25) is 0 Å². The number of anilines is 1. The summed E-state index contributed by atoms with van der Waals surface area (Å²) in [5, 5.41) is 0. The molecule has 4 nitrogen and oxygen atoms in total. The second-order valence-electron chi connectivity index (χ2n) is 7.11. The zero-order valence-corrected chi connectivity index (χ0v) is 16.0. The summed E-state index contributed by atoms with van der Waals surface area (Å²) in [4.78, 5) is 17.5. The second kappa shape index (κ2) is 8.18. The molecule has 1 saturated heterocycles. The molecule has 0 bridgehead atoms. The Bertz CT molecular complexity index is 1020. The molecule has 2 aromatic carbocycles. The Morgan fingerprint density at radius 1 is 1.03 bits per heavy atom. The van der Waals surface area contributed by atoms with E-state index in [0.29, 0.717) is 25.1 Å². The molecule has 0 radical (unpaired) electrons. The van der Waals surface area contributed by atoms with Gasteiger partial charge in [-0.1, -0.05) is 36.4 Å². The lowest BCUT2D eigenvalue weighted by Crippen LogP contribution is -2.25. The summed E-state index contributed by atoms with van der Waals surface area (Å²) in [7, 11) is 0. The number of carbonyl (C=O) groups is 1. The van der Waals surface area contributed by atoms with Gasteiger partial charge in [0.25, 0.3) is 0 Å². The van der Waals surface area contributed by atoms with Crippen molar-refractivity contribution < 1.29 is 22.7 Å². The summed E-state index contributed by atoms with van der Waals surface area (Å²) in [5.41, 5.74) is 2.59. The molecule has 1 aliphatic heterocycles. The van der Waals surface area contributed by atoms with E-state index < -0.39 is 11.7 Å². The van der Waals surface area contributed by atoms with Crippen LogP contribution in [0, 0.1) is 0 Å². The largest absolute Gasteiger partial charge is 0.472 e. The van der Waals surface area contributed by atoms with Gasteiger partial charge in [0.05, 0.1) is 12.1 Å². The zero-order chi connectivity index (χ0) is 21.1. The lowest BCUT2D eigenvalue weighted by molar-refractivity contribution is -0.137. The van der Waals surface area contributed by atoms with Gasteiger partial charge in [-0.3, -0.25) is 4.79 Å². The van der Waals surface area contributed by atoms with Crippen molar-refractivity contribution in [2.24, 2.45) is 0 Å². The van der Waals surface area contributed by atoms with Crippen LogP contribution >= 0.6 is 0 Å². The summed E-state index contributed by atoms with van der Waals surface area (Å²) in [6.45, 7) is 1.20. The van der Waals surface area contributed by atoms with Gasteiger partial charge in [-0.2, -0.15) is 13.2 Å². The fourth-order valence-electron chi connectivity index (χ4n) is 3.58. The maximum atomic E-state index is 12.7. The Morgan fingerprint density at radius 2 is 1.83 bits per heavy atom. The number of alkyl halides is 3. The molecule has 0 aliphatic carbocycles. The average molecular weight is 412 g/mol. The van der Waals surface area contributed by atoms with E-state index in [0.717, 1.165) is 35.4 Å². The third-order valence-corrected chi connectivity index (χ3v) is 5.10. The van der Waals surface area contributed by atoms with E-state index in [1.54, 1.807) is 0 Å². The molecule has 0 saturated carbocycles. The Morgan fingerprint density at radius 3 is 2.50 bits per heavy atom. The van der Waals surface area contributed by atoms with Crippen molar-refractivity contribution in [1.29, 1.82) is 0 Å². The number of benzene rings is 2. The molecule has 0 spiro atoms. The van der Waals surface area contributed by atoms with E-state index in [9.17, 15) is 18.0 Å². The summed E-state index contributed by atoms with van der Waals surface area (Å²) in [5.74, 6) is 0.157. The lowest BCUT2D eigenvalue weighted by Gasteiger charge is -2.21. The molecule has 1 aromatic heterocycles. The maximum Gasteiger partial charge on any atom is 0.417 e. The summed E-state index contributed by atoms with van der Waals surface area (Å²) in [6, 6.07) is 17.8. The van der Waals surface area contributed by atoms with E-state index in [4.69, 9.17) is 4.74 Å². The topological polar surface area (TPSA) is 42.4 Å². The van der Waals surface area contributed by atoms with Crippen LogP contribution in [0.3, 0.4) is 0 Å². The van der Waals surface area contributed by atoms with Crippen molar-refractivity contribution in [2.75, 3.05) is 18.0 Å². The van der Waals surface area contributed by atoms with Crippen LogP contribution in [0.5, 0.6) is 5.88 Å². The molecule has 1 fully saturated rings. The predicted octanol–water partition coefficient (Wildman–Crippen LogP) is 5.24. The van der Waals surface area contributed by atoms with Crippen molar-refractivity contribution in [2.45, 2.75) is 18.7 Å². The quantitative estimate of drug-likeness (QED) is 0.538. The van der Waals surface area contributed by atoms with Gasteiger partial charge in [-0.15, -0.1) is 0 Å². The van der Waals surface area contributed by atoms with Crippen LogP contribution in [0.4, 0.5) is 18.9 Å². The number of aromatic nitrogens is 1. The first kappa shape index (κ1) is 19.9. The minimum absolute atomic E-state index is 0.157. The van der Waals surface area contributed by atoms with Gasteiger partial charge in [0, 0.05) is 36.5 Å². The first-order valence-electron chi connectivity index (χ1n) is 9.53. The number of halogens is 3. The number of aldehydes is 1. The second-order valence-corrected chi connectivity index (χ2v) is 7.11. The molecule has 154 valence electrons. The first-order chi connectivity index (χ1) is 14.4. The summed E-state index contributed by atoms with van der Waals surface area (Å²) in [6.07, 6.45) is -2.35. The van der Waals surface area contributed by atoms with Crippen LogP contribution in [0.1, 0.15) is 22.3 Å². The first-order valence-corrected chi connectivity index (χ1v) is 9.53. The average Bonchev–Trinajstić information content (AvgIpc) is 3.22. The number of carbonyl (C=O) groups excluding carboxylic acids is 1. The van der Waals surface area contributed by atoms with Crippen molar-refractivity contribution in [3.05, 3.63) is 78.0 Å². The molecule has 4 rings (SSSR count). The third-order valence-electron chi connectivity index (χ3n) is 5.10. The number of hydrogen-bond donors (Lipinski definition) is 0. The highest BCUT2D eigenvalue weighted by Crippen LogP contribution is 2.31. The maximum absolute atomic E-state index is 12.7. The molecular weight excluding hydrogens is 393 g/mol. The van der Waals surface area contributed by atoms with Crippen molar-refractivity contribution in [3.63, 3.8) is 0 Å². The van der Waals surface area contributed by atoms with Crippen LogP contribution in [0.25, 0.3) is 11.1 Å². The van der Waals surface area contributed by atoms with E-state index >= 15 is 0 Å². The molecule has 7 heteroatoms. The monoisotopic (exact) mass is 412 g/mol. The van der Waals surface area contributed by atoms with Crippen LogP contribution in [0.15, 0.2) is 66.9 Å². The molecule has 0 N–H and O–H groups in total. The molecule has 0 amide bonds. The standard InChI is InChI=1S/C23H19F3N2O2/c24-23(25,26)19-7-9-22(27-13-19)30-20-10-11-28(14-20)21-8-6-17(12-18(21)15-29)16-4-2-1-3-5-16/h1-9,12-13,15,20H,10-11,14H2/t20-/m0/s1. The molecule has 30 heavy (non-hydrogen) atoms. The Hall–Kier alpha value is -3.35. The Kier molecular flexibility index (Phi) is 5.44. The summed E-state index contributed by atoms with van der Waals surface area (Å²) < 4.78 is 43.7. The van der Waals surface area contributed by atoms with Crippen LogP contribution in [-0.4, -0.2) is 30.5 Å². The Labute approximate surface area is 171 Å². The number of hydrogen-bond acceptors (Lipinski definition) is 4. The molecule has 1 aliphatic rings. The predicted molar refractivity (Wildman–Crippen MR) is 108 cm³/mol. The van der Waals surface area contributed by atoms with Gasteiger partial charge in [-0.05, 0) is 29.3 Å².